The minimum absolute atomic E-state index is 0.0595. The first-order chi connectivity index (χ1) is 10.6. The van der Waals surface area contributed by atoms with Crippen molar-refractivity contribution in [3.8, 4) is 0 Å². The lowest BCUT2D eigenvalue weighted by Gasteiger charge is -2.30. The molecule has 5 nitrogen and oxygen atoms in total. The summed E-state index contributed by atoms with van der Waals surface area (Å²) >= 11 is 0. The van der Waals surface area contributed by atoms with Crippen molar-refractivity contribution in [3.05, 3.63) is 46.7 Å². The fourth-order valence-electron chi connectivity index (χ4n) is 2.64. The highest BCUT2D eigenvalue weighted by Crippen LogP contribution is 2.30. The molecule has 0 radical (unpaired) electrons. The Morgan fingerprint density at radius 2 is 1.70 bits per heavy atom. The Kier molecular flexibility index (Phi) is 4.50. The summed E-state index contributed by atoms with van der Waals surface area (Å²) in [5.74, 6) is -0.111. The van der Waals surface area contributed by atoms with Crippen molar-refractivity contribution in [2.75, 3.05) is 14.1 Å². The molecule has 2 N–H and O–H groups in total. The Bertz CT molecular complexity index is 652. The standard InChI is InChI=1S/C18H25N3O2/c1-11-14(16(22)21(5)6)15(20-17(23)19-11)12-7-9-13(10-8-12)18(2,3)4/h7-10,15H,1-6H3,(H2,19,20,23)/t15-/m1/s1. The van der Waals surface area contributed by atoms with E-state index in [1.165, 1.54) is 10.5 Å². The number of rotatable bonds is 2. The molecule has 1 aromatic rings. The molecule has 0 bridgehead atoms. The Hall–Kier alpha value is -2.30. The molecule has 0 aliphatic carbocycles. The van der Waals surface area contributed by atoms with E-state index in [0.29, 0.717) is 11.3 Å². The van der Waals surface area contributed by atoms with Crippen molar-refractivity contribution in [3.63, 3.8) is 0 Å². The number of likely N-dealkylation sites (N-methyl/N-ethyl adjacent to an activating group) is 1. The molecule has 0 aromatic heterocycles. The van der Waals surface area contributed by atoms with E-state index >= 15 is 0 Å². The van der Waals surface area contributed by atoms with Crippen LogP contribution in [0.2, 0.25) is 0 Å². The van der Waals surface area contributed by atoms with Gasteiger partial charge in [0.25, 0.3) is 5.91 Å². The van der Waals surface area contributed by atoms with E-state index in [1.807, 2.05) is 12.1 Å². The maximum atomic E-state index is 12.5. The monoisotopic (exact) mass is 315 g/mol. The van der Waals surface area contributed by atoms with Crippen molar-refractivity contribution >= 4 is 11.9 Å². The zero-order valence-electron chi connectivity index (χ0n) is 14.7. The van der Waals surface area contributed by atoms with E-state index in [2.05, 4.69) is 43.5 Å². The molecular formula is C18H25N3O2. The predicted molar refractivity (Wildman–Crippen MR) is 90.9 cm³/mol. The summed E-state index contributed by atoms with van der Waals surface area (Å²) in [5, 5.41) is 5.53. The van der Waals surface area contributed by atoms with Crippen LogP contribution < -0.4 is 10.6 Å². The van der Waals surface area contributed by atoms with Gasteiger partial charge in [-0.2, -0.15) is 0 Å². The molecule has 3 amide bonds. The van der Waals surface area contributed by atoms with Crippen LogP contribution in [0.25, 0.3) is 0 Å². The number of nitrogens with zero attached hydrogens (tertiary/aromatic N) is 1. The smallest absolute Gasteiger partial charge is 0.319 e. The van der Waals surface area contributed by atoms with E-state index in [1.54, 1.807) is 21.0 Å². The van der Waals surface area contributed by atoms with Crippen molar-refractivity contribution in [1.82, 2.24) is 15.5 Å². The van der Waals surface area contributed by atoms with Gasteiger partial charge in [0.05, 0.1) is 11.6 Å². The van der Waals surface area contributed by atoms with Crippen molar-refractivity contribution in [1.29, 1.82) is 0 Å². The first-order valence-corrected chi connectivity index (χ1v) is 7.71. The molecule has 0 fully saturated rings. The summed E-state index contributed by atoms with van der Waals surface area (Å²) < 4.78 is 0. The van der Waals surface area contributed by atoms with Gasteiger partial charge in [0.1, 0.15) is 0 Å². The normalized spacial score (nSPS) is 18.3. The largest absolute Gasteiger partial charge is 0.345 e. The van der Waals surface area contributed by atoms with Gasteiger partial charge in [-0.25, -0.2) is 4.79 Å². The number of allylic oxidation sites excluding steroid dienone is 1. The van der Waals surface area contributed by atoms with Crippen LogP contribution in [0, 0.1) is 0 Å². The second-order valence-electron chi connectivity index (χ2n) is 7.14. The van der Waals surface area contributed by atoms with Crippen LogP contribution in [-0.4, -0.2) is 30.9 Å². The number of carbonyl (C=O) groups is 2. The van der Waals surface area contributed by atoms with Crippen LogP contribution in [-0.2, 0) is 10.2 Å². The first kappa shape index (κ1) is 17.1. The van der Waals surface area contributed by atoms with Crippen LogP contribution in [0.5, 0.6) is 0 Å². The Morgan fingerprint density at radius 1 is 1.13 bits per heavy atom. The van der Waals surface area contributed by atoms with Crippen molar-refractivity contribution in [2.45, 2.75) is 39.2 Å². The Labute approximate surface area is 137 Å². The molecule has 5 heteroatoms. The van der Waals surface area contributed by atoms with Crippen LogP contribution in [0.1, 0.15) is 44.9 Å². The van der Waals surface area contributed by atoms with Gasteiger partial charge >= 0.3 is 6.03 Å². The van der Waals surface area contributed by atoms with Gasteiger partial charge in [-0.1, -0.05) is 45.0 Å². The summed E-state index contributed by atoms with van der Waals surface area (Å²) in [6.45, 7) is 8.21. The highest BCUT2D eigenvalue weighted by atomic mass is 16.2. The number of nitrogens with one attached hydrogen (secondary N) is 2. The van der Waals surface area contributed by atoms with Gasteiger partial charge in [-0.05, 0) is 23.5 Å². The third kappa shape index (κ3) is 3.55. The molecule has 1 heterocycles. The number of amides is 3. The quantitative estimate of drug-likeness (QED) is 0.881. The fourth-order valence-corrected chi connectivity index (χ4v) is 2.64. The molecule has 0 saturated carbocycles. The lowest BCUT2D eigenvalue weighted by atomic mass is 9.85. The van der Waals surface area contributed by atoms with Gasteiger partial charge in [-0.3, -0.25) is 4.79 Å². The number of hydrogen-bond donors (Lipinski definition) is 2. The number of carbonyl (C=O) groups excluding carboxylic acids is 2. The summed E-state index contributed by atoms with van der Waals surface area (Å²) in [6.07, 6.45) is 0. The molecule has 1 aliphatic rings. The number of benzene rings is 1. The molecule has 0 unspecified atom stereocenters. The van der Waals surface area contributed by atoms with Crippen LogP contribution >= 0.6 is 0 Å². The number of urea groups is 1. The average Bonchev–Trinajstić information content (AvgIpc) is 2.45. The third-order valence-corrected chi connectivity index (χ3v) is 4.02. The molecular weight excluding hydrogens is 290 g/mol. The summed E-state index contributed by atoms with van der Waals surface area (Å²) in [6, 6.07) is 7.34. The van der Waals surface area contributed by atoms with Gasteiger partial charge < -0.3 is 15.5 Å². The molecule has 0 spiro atoms. The van der Waals surface area contributed by atoms with E-state index in [0.717, 1.165) is 5.56 Å². The van der Waals surface area contributed by atoms with Gasteiger partial charge in [0.2, 0.25) is 0 Å². The predicted octanol–water partition coefficient (Wildman–Crippen LogP) is 2.70. The first-order valence-electron chi connectivity index (χ1n) is 7.71. The van der Waals surface area contributed by atoms with Crippen molar-refractivity contribution in [2.24, 2.45) is 0 Å². The van der Waals surface area contributed by atoms with E-state index in [4.69, 9.17) is 0 Å². The molecule has 1 aliphatic heterocycles. The number of hydrogen-bond acceptors (Lipinski definition) is 2. The zero-order valence-corrected chi connectivity index (χ0v) is 14.7. The van der Waals surface area contributed by atoms with Crippen LogP contribution in [0.4, 0.5) is 4.79 Å². The SMILES string of the molecule is CC1=C(C(=O)N(C)C)[C@@H](c2ccc(C(C)(C)C)cc2)NC(=O)N1. The molecule has 1 aromatic carbocycles. The van der Waals surface area contributed by atoms with E-state index in [-0.39, 0.29) is 17.4 Å². The lowest BCUT2D eigenvalue weighted by molar-refractivity contribution is -0.125. The fraction of sp³-hybridized carbons (Fsp3) is 0.444. The van der Waals surface area contributed by atoms with Crippen molar-refractivity contribution < 1.29 is 9.59 Å². The zero-order chi connectivity index (χ0) is 17.4. The average molecular weight is 315 g/mol. The maximum absolute atomic E-state index is 12.5. The van der Waals surface area contributed by atoms with E-state index < -0.39 is 6.04 Å². The highest BCUT2D eigenvalue weighted by molar-refractivity contribution is 5.98. The molecule has 2 rings (SSSR count). The van der Waals surface area contributed by atoms with E-state index in [9.17, 15) is 9.59 Å². The Balaban J connectivity index is 2.44. The second kappa shape index (κ2) is 6.07. The third-order valence-electron chi connectivity index (χ3n) is 4.02. The summed E-state index contributed by atoms with van der Waals surface area (Å²) in [7, 11) is 3.41. The Morgan fingerprint density at radius 3 is 2.17 bits per heavy atom. The lowest BCUT2D eigenvalue weighted by Crippen LogP contribution is -2.46. The van der Waals surface area contributed by atoms with Gasteiger partial charge in [0, 0.05) is 19.8 Å². The summed E-state index contributed by atoms with van der Waals surface area (Å²) in [5.41, 5.74) is 3.33. The maximum Gasteiger partial charge on any atom is 0.319 e. The minimum Gasteiger partial charge on any atom is -0.345 e. The molecule has 1 atom stereocenters. The second-order valence-corrected chi connectivity index (χ2v) is 7.14. The highest BCUT2D eigenvalue weighted by Gasteiger charge is 2.32. The summed E-state index contributed by atoms with van der Waals surface area (Å²) in [4.78, 5) is 25.9. The topological polar surface area (TPSA) is 61.4 Å². The molecule has 124 valence electrons. The minimum atomic E-state index is -0.437. The van der Waals surface area contributed by atoms with Gasteiger partial charge in [-0.15, -0.1) is 0 Å². The molecule has 0 saturated heterocycles. The van der Waals surface area contributed by atoms with Crippen LogP contribution in [0.3, 0.4) is 0 Å². The molecule has 23 heavy (non-hydrogen) atoms. The van der Waals surface area contributed by atoms with Crippen LogP contribution in [0.15, 0.2) is 35.5 Å². The van der Waals surface area contributed by atoms with Gasteiger partial charge in [0.15, 0.2) is 0 Å².